The molecule has 3 aromatic rings. The van der Waals surface area contributed by atoms with Gasteiger partial charge in [0.25, 0.3) is 11.8 Å². The number of halogens is 1. The number of hydrogen-bond donors (Lipinski definition) is 3. The van der Waals surface area contributed by atoms with Gasteiger partial charge < -0.3 is 15.5 Å². The molecule has 3 N–H and O–H groups in total. The molecule has 0 aliphatic carbocycles. The summed E-state index contributed by atoms with van der Waals surface area (Å²) in [5, 5.41) is 6.12. The smallest absolute Gasteiger partial charge is 0.277 e. The van der Waals surface area contributed by atoms with Crippen molar-refractivity contribution >= 4 is 34.5 Å². The van der Waals surface area contributed by atoms with Crippen LogP contribution in [0, 0.1) is 12.7 Å². The van der Waals surface area contributed by atoms with Crippen LogP contribution in [0.3, 0.4) is 0 Å². The Kier molecular flexibility index (Phi) is 7.24. The molecular formula is C27H27FN4O3. The SMILES string of the molecule is Cc1ccc2c(c1)NC(=O)/C2=C(\Nc1ccc(C(=O)NOCCN(C)C)c(F)c1)c1ccccc1. The van der Waals surface area contributed by atoms with E-state index in [-0.39, 0.29) is 18.1 Å². The molecule has 2 amide bonds. The fraction of sp³-hybridized carbons (Fsp3) is 0.185. The molecule has 0 saturated carbocycles. The molecule has 1 aliphatic rings. The van der Waals surface area contributed by atoms with Crippen molar-refractivity contribution in [2.24, 2.45) is 0 Å². The van der Waals surface area contributed by atoms with Crippen molar-refractivity contribution in [2.75, 3.05) is 37.9 Å². The summed E-state index contributed by atoms with van der Waals surface area (Å²) in [5.41, 5.74) is 6.79. The van der Waals surface area contributed by atoms with Crippen molar-refractivity contribution in [2.45, 2.75) is 6.92 Å². The first kappa shape index (κ1) is 24.1. The number of benzene rings is 3. The summed E-state index contributed by atoms with van der Waals surface area (Å²) in [5.74, 6) is -1.63. The maximum Gasteiger partial charge on any atom is 0.277 e. The maximum absolute atomic E-state index is 14.9. The van der Waals surface area contributed by atoms with Gasteiger partial charge in [0.15, 0.2) is 0 Å². The van der Waals surface area contributed by atoms with Crippen LogP contribution in [0.1, 0.15) is 27.0 Å². The lowest BCUT2D eigenvalue weighted by Crippen LogP contribution is -2.28. The molecule has 3 aromatic carbocycles. The lowest BCUT2D eigenvalue weighted by molar-refractivity contribution is -0.110. The number of rotatable bonds is 8. The van der Waals surface area contributed by atoms with E-state index in [1.54, 1.807) is 6.07 Å². The third-order valence-electron chi connectivity index (χ3n) is 5.52. The van der Waals surface area contributed by atoms with Crippen LogP contribution in [0.25, 0.3) is 11.3 Å². The highest BCUT2D eigenvalue weighted by molar-refractivity contribution is 6.37. The van der Waals surface area contributed by atoms with Crippen LogP contribution in [-0.2, 0) is 9.63 Å². The highest BCUT2D eigenvalue weighted by Crippen LogP contribution is 2.38. The van der Waals surface area contributed by atoms with Gasteiger partial charge in [-0.3, -0.25) is 14.4 Å². The van der Waals surface area contributed by atoms with Crippen LogP contribution in [0.2, 0.25) is 0 Å². The highest BCUT2D eigenvalue weighted by Gasteiger charge is 2.28. The Labute approximate surface area is 203 Å². The van der Waals surface area contributed by atoms with Crippen LogP contribution in [0.5, 0.6) is 0 Å². The summed E-state index contributed by atoms with van der Waals surface area (Å²) in [6, 6.07) is 19.3. The van der Waals surface area contributed by atoms with Gasteiger partial charge in [0.05, 0.1) is 23.4 Å². The Morgan fingerprint density at radius 3 is 2.54 bits per heavy atom. The van der Waals surface area contributed by atoms with Gasteiger partial charge in [-0.15, -0.1) is 0 Å². The average Bonchev–Trinajstić information content (AvgIpc) is 3.15. The zero-order valence-corrected chi connectivity index (χ0v) is 19.8. The number of amides is 2. The molecular weight excluding hydrogens is 447 g/mol. The molecule has 0 aromatic heterocycles. The molecule has 8 heteroatoms. The van der Waals surface area contributed by atoms with E-state index in [2.05, 4.69) is 16.1 Å². The zero-order chi connectivity index (χ0) is 24.9. The summed E-state index contributed by atoms with van der Waals surface area (Å²) < 4.78 is 14.9. The van der Waals surface area contributed by atoms with Crippen molar-refractivity contribution in [3.63, 3.8) is 0 Å². The van der Waals surface area contributed by atoms with Crippen molar-refractivity contribution in [3.8, 4) is 0 Å². The molecule has 7 nitrogen and oxygen atoms in total. The summed E-state index contributed by atoms with van der Waals surface area (Å²) in [7, 11) is 3.76. The second kappa shape index (κ2) is 10.5. The molecule has 0 radical (unpaired) electrons. The number of likely N-dealkylation sites (N-methyl/N-ethyl adjacent to an activating group) is 1. The third-order valence-corrected chi connectivity index (χ3v) is 5.52. The number of anilines is 2. The van der Waals surface area contributed by atoms with E-state index >= 15 is 0 Å². The minimum absolute atomic E-state index is 0.145. The molecule has 1 aliphatic heterocycles. The van der Waals surface area contributed by atoms with E-state index in [4.69, 9.17) is 4.84 Å². The van der Waals surface area contributed by atoms with E-state index in [1.807, 2.05) is 74.4 Å². The lowest BCUT2D eigenvalue weighted by Gasteiger charge is -2.16. The predicted octanol–water partition coefficient (Wildman–Crippen LogP) is 4.29. The number of carbonyl (C=O) groups is 2. The van der Waals surface area contributed by atoms with Crippen molar-refractivity contribution in [3.05, 3.63) is 94.8 Å². The molecule has 0 bridgehead atoms. The molecule has 35 heavy (non-hydrogen) atoms. The topological polar surface area (TPSA) is 82.7 Å². The Balaban J connectivity index is 1.64. The Morgan fingerprint density at radius 2 is 1.83 bits per heavy atom. The van der Waals surface area contributed by atoms with Crippen LogP contribution in [0.4, 0.5) is 15.8 Å². The summed E-state index contributed by atoms with van der Waals surface area (Å²) in [6.07, 6.45) is 0. The number of nitrogens with one attached hydrogen (secondary N) is 3. The van der Waals surface area contributed by atoms with E-state index in [9.17, 15) is 14.0 Å². The molecule has 0 atom stereocenters. The van der Waals surface area contributed by atoms with Gasteiger partial charge in [-0.1, -0.05) is 42.5 Å². The van der Waals surface area contributed by atoms with E-state index in [1.165, 1.54) is 12.1 Å². The third kappa shape index (κ3) is 5.56. The van der Waals surface area contributed by atoms with Crippen LogP contribution in [0.15, 0.2) is 66.7 Å². The minimum atomic E-state index is -0.715. The van der Waals surface area contributed by atoms with Gasteiger partial charge in [-0.25, -0.2) is 9.87 Å². The molecule has 180 valence electrons. The largest absolute Gasteiger partial charge is 0.354 e. The number of fused-ring (bicyclic) bond motifs is 1. The van der Waals surface area contributed by atoms with Gasteiger partial charge in [0.1, 0.15) is 5.82 Å². The number of aryl methyl sites for hydroxylation is 1. The molecule has 0 spiro atoms. The summed E-state index contributed by atoms with van der Waals surface area (Å²) >= 11 is 0. The Hall–Kier alpha value is -4.01. The highest BCUT2D eigenvalue weighted by atomic mass is 19.1. The second-order valence-corrected chi connectivity index (χ2v) is 8.52. The van der Waals surface area contributed by atoms with Crippen molar-refractivity contribution < 1.29 is 18.8 Å². The standard InChI is InChI=1S/C27H27FN4O3/c1-17-9-11-21-23(15-17)30-27(34)24(21)25(18-7-5-4-6-8-18)29-19-10-12-20(22(28)16-19)26(33)31-35-14-13-32(2)3/h4-12,15-16,29H,13-14H2,1-3H3,(H,30,34)(H,31,33)/b25-24-. The normalized spacial score (nSPS) is 13.9. The van der Waals surface area contributed by atoms with Crippen LogP contribution in [-0.4, -0.2) is 44.0 Å². The number of hydrogen-bond acceptors (Lipinski definition) is 5. The van der Waals surface area contributed by atoms with Crippen LogP contribution >= 0.6 is 0 Å². The van der Waals surface area contributed by atoms with Gasteiger partial charge >= 0.3 is 0 Å². The molecule has 0 unspecified atom stereocenters. The van der Waals surface area contributed by atoms with Crippen molar-refractivity contribution in [1.82, 2.24) is 10.4 Å². The Bertz CT molecular complexity index is 1290. The van der Waals surface area contributed by atoms with E-state index in [0.717, 1.165) is 22.4 Å². The van der Waals surface area contributed by atoms with Gasteiger partial charge in [0, 0.05) is 23.5 Å². The lowest BCUT2D eigenvalue weighted by atomic mass is 9.99. The molecule has 1 heterocycles. The molecule has 4 rings (SSSR count). The summed E-state index contributed by atoms with van der Waals surface area (Å²) in [6.45, 7) is 2.84. The quantitative estimate of drug-likeness (QED) is 0.258. The van der Waals surface area contributed by atoms with Crippen LogP contribution < -0.4 is 16.1 Å². The first-order valence-corrected chi connectivity index (χ1v) is 11.2. The van der Waals surface area contributed by atoms with Gasteiger partial charge in [-0.2, -0.15) is 0 Å². The fourth-order valence-electron chi connectivity index (χ4n) is 3.74. The first-order valence-electron chi connectivity index (χ1n) is 11.2. The predicted molar refractivity (Wildman–Crippen MR) is 135 cm³/mol. The monoisotopic (exact) mass is 474 g/mol. The van der Waals surface area contributed by atoms with Gasteiger partial charge in [0.2, 0.25) is 0 Å². The average molecular weight is 475 g/mol. The van der Waals surface area contributed by atoms with E-state index in [0.29, 0.717) is 23.5 Å². The maximum atomic E-state index is 14.9. The zero-order valence-electron chi connectivity index (χ0n) is 19.8. The number of hydroxylamine groups is 1. The van der Waals surface area contributed by atoms with Gasteiger partial charge in [-0.05, 0) is 56.4 Å². The first-order chi connectivity index (χ1) is 16.8. The molecule has 0 fully saturated rings. The fourth-order valence-corrected chi connectivity index (χ4v) is 3.74. The number of nitrogens with zero attached hydrogens (tertiary/aromatic N) is 1. The summed E-state index contributed by atoms with van der Waals surface area (Å²) in [4.78, 5) is 32.3. The Morgan fingerprint density at radius 1 is 1.06 bits per heavy atom. The molecule has 0 saturated heterocycles. The minimum Gasteiger partial charge on any atom is -0.354 e. The number of carbonyl (C=O) groups excluding carboxylic acids is 2. The van der Waals surface area contributed by atoms with E-state index < -0.39 is 11.7 Å². The van der Waals surface area contributed by atoms with Crippen molar-refractivity contribution in [1.29, 1.82) is 0 Å². The second-order valence-electron chi connectivity index (χ2n) is 8.52.